The van der Waals surface area contributed by atoms with E-state index < -0.39 is 17.6 Å². The largest absolute Gasteiger partial charge is 0.416 e. The van der Waals surface area contributed by atoms with Crippen LogP contribution < -0.4 is 20.9 Å². The monoisotopic (exact) mass is 512 g/mol. The molecule has 5 rings (SSSR count). The average molecular weight is 513 g/mol. The van der Waals surface area contributed by atoms with E-state index in [1.165, 1.54) is 29.4 Å². The fourth-order valence-electron chi connectivity index (χ4n) is 4.21. The van der Waals surface area contributed by atoms with Crippen molar-refractivity contribution in [1.29, 1.82) is 0 Å². The quantitative estimate of drug-likeness (QED) is 0.389. The summed E-state index contributed by atoms with van der Waals surface area (Å²) in [5, 5.41) is 9.26. The molecule has 3 aliphatic rings. The number of hydrogen-bond donors (Lipinski definition) is 3. The number of hydrogen-bond acceptors (Lipinski definition) is 5. The Balaban J connectivity index is 1.42. The molecule has 0 atom stereocenters. The molecule has 188 valence electrons. The molecule has 0 aromatic heterocycles. The molecular formula is C27H27F3N4OS. The summed E-state index contributed by atoms with van der Waals surface area (Å²) in [7, 11) is 0. The molecule has 0 saturated heterocycles. The lowest BCUT2D eigenvalue weighted by Gasteiger charge is -2.27. The first-order valence-corrected chi connectivity index (χ1v) is 12.9. The van der Waals surface area contributed by atoms with Crippen molar-refractivity contribution in [2.45, 2.75) is 38.9 Å². The number of nitrogens with zero attached hydrogens (tertiary/aromatic N) is 1. The van der Waals surface area contributed by atoms with Crippen molar-refractivity contribution in [3.8, 4) is 0 Å². The maximum absolute atomic E-state index is 13.4. The summed E-state index contributed by atoms with van der Waals surface area (Å²) in [6.07, 6.45) is 4.18. The van der Waals surface area contributed by atoms with E-state index in [-0.39, 0.29) is 11.3 Å². The van der Waals surface area contributed by atoms with Crippen molar-refractivity contribution >= 4 is 34.7 Å². The second-order valence-electron chi connectivity index (χ2n) is 9.07. The molecular weight excluding hydrogens is 485 g/mol. The summed E-state index contributed by atoms with van der Waals surface area (Å²) in [5.74, 6) is 0.329. The molecule has 0 radical (unpaired) electrons. The maximum atomic E-state index is 13.4. The Morgan fingerprint density at radius 1 is 1.11 bits per heavy atom. The highest BCUT2D eigenvalue weighted by atomic mass is 32.2. The third-order valence-electron chi connectivity index (χ3n) is 6.19. The molecule has 2 heterocycles. The van der Waals surface area contributed by atoms with Crippen LogP contribution in [0.1, 0.15) is 41.3 Å². The highest BCUT2D eigenvalue weighted by molar-refractivity contribution is 8.03. The number of carbonyl (C=O) groups is 1. The number of carbonyl (C=O) groups excluding carboxylic acids is 1. The molecule has 3 N–H and O–H groups in total. The number of fused-ring (bicyclic) bond motifs is 1. The Morgan fingerprint density at radius 3 is 2.64 bits per heavy atom. The van der Waals surface area contributed by atoms with Crippen LogP contribution in [0.3, 0.4) is 0 Å². The normalized spacial score (nSPS) is 17.1. The second kappa shape index (κ2) is 9.61. The van der Waals surface area contributed by atoms with Gasteiger partial charge in [-0.05, 0) is 62.6 Å². The van der Waals surface area contributed by atoms with Gasteiger partial charge in [0, 0.05) is 58.2 Å². The Morgan fingerprint density at radius 2 is 1.92 bits per heavy atom. The van der Waals surface area contributed by atoms with Gasteiger partial charge in [-0.25, -0.2) is 0 Å². The molecule has 1 fully saturated rings. The Bertz CT molecular complexity index is 1290. The first-order valence-electron chi connectivity index (χ1n) is 11.9. The van der Waals surface area contributed by atoms with Crippen molar-refractivity contribution < 1.29 is 18.0 Å². The summed E-state index contributed by atoms with van der Waals surface area (Å²) in [5.41, 5.74) is 4.05. The summed E-state index contributed by atoms with van der Waals surface area (Å²) < 4.78 is 40.2. The molecule has 36 heavy (non-hydrogen) atoms. The number of allylic oxidation sites excluding steroid dienone is 1. The van der Waals surface area contributed by atoms with Crippen LogP contribution >= 0.6 is 11.8 Å². The number of rotatable bonds is 7. The first-order chi connectivity index (χ1) is 17.2. The minimum Gasteiger partial charge on any atom is -0.385 e. The second-order valence-corrected chi connectivity index (χ2v) is 10.1. The first kappa shape index (κ1) is 24.4. The maximum Gasteiger partial charge on any atom is 0.416 e. The van der Waals surface area contributed by atoms with Gasteiger partial charge in [-0.3, -0.25) is 4.79 Å². The standard InChI is InChI=1S/C27H27F3N4OS/c1-3-31-21-11-17(10-18(12-21)27(28,29)30)26(35)33-20-5-4-16(2)24(13-20)34-14-23(32-19-6-7-19)22-8-9-36-25(22)15-34/h4-5,8,10-15,19,31-32H,3,6-7,9H2,1-2H3,(H,33,35). The molecule has 0 bridgehead atoms. The van der Waals surface area contributed by atoms with E-state index in [0.29, 0.717) is 18.3 Å². The van der Waals surface area contributed by atoms with Crippen molar-refractivity contribution in [3.05, 3.63) is 87.7 Å². The third-order valence-corrected chi connectivity index (χ3v) is 7.16. The van der Waals surface area contributed by atoms with Crippen molar-refractivity contribution in [2.24, 2.45) is 0 Å². The van der Waals surface area contributed by atoms with Crippen LogP contribution in [0.4, 0.5) is 30.2 Å². The minimum absolute atomic E-state index is 0.0593. The minimum atomic E-state index is -4.55. The van der Waals surface area contributed by atoms with Gasteiger partial charge in [0.25, 0.3) is 5.91 Å². The van der Waals surface area contributed by atoms with Crippen LogP contribution in [0.5, 0.6) is 0 Å². The lowest BCUT2D eigenvalue weighted by molar-refractivity contribution is -0.137. The fraction of sp³-hybridized carbons (Fsp3) is 0.296. The van der Waals surface area contributed by atoms with Gasteiger partial charge in [0.1, 0.15) is 0 Å². The van der Waals surface area contributed by atoms with Gasteiger partial charge in [0.05, 0.1) is 16.9 Å². The smallest absolute Gasteiger partial charge is 0.385 e. The van der Waals surface area contributed by atoms with Gasteiger partial charge >= 0.3 is 6.18 Å². The Labute approximate surface area is 212 Å². The molecule has 2 aromatic rings. The van der Waals surface area contributed by atoms with Crippen LogP contribution in [0.2, 0.25) is 0 Å². The number of amides is 1. The molecule has 1 saturated carbocycles. The van der Waals surface area contributed by atoms with Crippen molar-refractivity contribution in [3.63, 3.8) is 0 Å². The summed E-state index contributed by atoms with van der Waals surface area (Å²) in [6, 6.07) is 9.34. The zero-order chi connectivity index (χ0) is 25.4. The fourth-order valence-corrected chi connectivity index (χ4v) is 5.18. The summed E-state index contributed by atoms with van der Waals surface area (Å²) in [4.78, 5) is 16.2. The van der Waals surface area contributed by atoms with Gasteiger partial charge in [-0.15, -0.1) is 11.8 Å². The highest BCUT2D eigenvalue weighted by Gasteiger charge is 2.32. The molecule has 9 heteroatoms. The lowest BCUT2D eigenvalue weighted by atomic mass is 10.1. The number of benzene rings is 2. The van der Waals surface area contributed by atoms with Gasteiger partial charge in [-0.2, -0.15) is 13.2 Å². The predicted octanol–water partition coefficient (Wildman–Crippen LogP) is 6.63. The van der Waals surface area contributed by atoms with E-state index in [2.05, 4.69) is 34.4 Å². The third kappa shape index (κ3) is 5.26. The zero-order valence-corrected chi connectivity index (χ0v) is 20.8. The number of anilines is 3. The topological polar surface area (TPSA) is 56.4 Å². The molecule has 0 unspecified atom stereocenters. The van der Waals surface area contributed by atoms with Crippen LogP contribution in [0, 0.1) is 6.92 Å². The van der Waals surface area contributed by atoms with Crippen LogP contribution in [-0.4, -0.2) is 24.2 Å². The van der Waals surface area contributed by atoms with Gasteiger partial charge in [-0.1, -0.05) is 12.1 Å². The Hall–Kier alpha value is -3.33. The van der Waals surface area contributed by atoms with E-state index in [4.69, 9.17) is 0 Å². The molecule has 2 aromatic carbocycles. The summed E-state index contributed by atoms with van der Waals surface area (Å²) >= 11 is 1.78. The van der Waals surface area contributed by atoms with Gasteiger partial charge in [0.2, 0.25) is 0 Å². The molecule has 1 aliphatic carbocycles. The van der Waals surface area contributed by atoms with Crippen molar-refractivity contribution in [1.82, 2.24) is 5.32 Å². The number of halogens is 3. The van der Waals surface area contributed by atoms with E-state index in [9.17, 15) is 18.0 Å². The lowest BCUT2D eigenvalue weighted by Crippen LogP contribution is -2.24. The number of thioether (sulfide) groups is 1. The van der Waals surface area contributed by atoms with Crippen LogP contribution in [-0.2, 0) is 6.18 Å². The predicted molar refractivity (Wildman–Crippen MR) is 140 cm³/mol. The average Bonchev–Trinajstić information content (AvgIpc) is 3.52. The zero-order valence-electron chi connectivity index (χ0n) is 20.0. The Kier molecular flexibility index (Phi) is 6.51. The number of aryl methyl sites for hydroxylation is 1. The van der Waals surface area contributed by atoms with E-state index in [0.717, 1.165) is 34.8 Å². The van der Waals surface area contributed by atoms with Crippen LogP contribution in [0.15, 0.2) is 71.0 Å². The number of alkyl halides is 3. The van der Waals surface area contributed by atoms with E-state index in [1.807, 2.05) is 24.0 Å². The van der Waals surface area contributed by atoms with E-state index >= 15 is 0 Å². The van der Waals surface area contributed by atoms with Crippen molar-refractivity contribution in [2.75, 3.05) is 27.8 Å². The number of nitrogens with one attached hydrogen (secondary N) is 3. The highest BCUT2D eigenvalue weighted by Crippen LogP contribution is 2.41. The van der Waals surface area contributed by atoms with E-state index in [1.54, 1.807) is 24.8 Å². The summed E-state index contributed by atoms with van der Waals surface area (Å²) in [6.45, 7) is 4.21. The SMILES string of the molecule is CCNc1cc(C(=O)Nc2ccc(C)c(N3C=C(NC4CC4)C4=CCSC4=C3)c2)cc(C(F)(F)F)c1. The van der Waals surface area contributed by atoms with Gasteiger partial charge < -0.3 is 20.9 Å². The molecule has 0 spiro atoms. The van der Waals surface area contributed by atoms with Crippen LogP contribution in [0.25, 0.3) is 0 Å². The molecule has 5 nitrogen and oxygen atoms in total. The molecule has 1 amide bonds. The van der Waals surface area contributed by atoms with Gasteiger partial charge in [0.15, 0.2) is 0 Å². The molecule has 2 aliphatic heterocycles.